The van der Waals surface area contributed by atoms with Crippen LogP contribution in [0.1, 0.15) is 30.3 Å². The highest BCUT2D eigenvalue weighted by Crippen LogP contribution is 2.15. The number of hydrogen-bond donors (Lipinski definition) is 3. The minimum absolute atomic E-state index is 0.200. The number of nitrogens with zero attached hydrogens (tertiary/aromatic N) is 1. The summed E-state index contributed by atoms with van der Waals surface area (Å²) in [7, 11) is 1.58. The molecule has 0 bridgehead atoms. The van der Waals surface area contributed by atoms with Crippen molar-refractivity contribution >= 4 is 23.3 Å². The lowest BCUT2D eigenvalue weighted by Gasteiger charge is -2.06. The summed E-state index contributed by atoms with van der Waals surface area (Å²) in [6.45, 7) is 3.76. The molecule has 1 heterocycles. The van der Waals surface area contributed by atoms with Crippen molar-refractivity contribution < 1.29 is 9.53 Å². The lowest BCUT2D eigenvalue weighted by molar-refractivity contribution is 0.0933. The molecule has 0 unspecified atom stereocenters. The van der Waals surface area contributed by atoms with Crippen molar-refractivity contribution in [2.75, 3.05) is 32.1 Å². The molecular weight excluding hydrogens is 256 g/mol. The van der Waals surface area contributed by atoms with Crippen LogP contribution in [0.3, 0.4) is 0 Å². The van der Waals surface area contributed by atoms with Gasteiger partial charge in [-0.1, -0.05) is 13.3 Å². The largest absolute Gasteiger partial charge is 0.383 e. The van der Waals surface area contributed by atoms with E-state index in [-0.39, 0.29) is 11.2 Å². The average Bonchev–Trinajstić information content (AvgIpc) is 2.71. The Morgan fingerprint density at radius 1 is 1.50 bits per heavy atom. The number of ether oxygens (including phenoxy) is 1. The standard InChI is InChI=1S/C11H19ClN4O2/c1-3-4-5-13-9-8(15-11(12)16-9)10(17)14-6-7-18-2/h13H,3-7H2,1-2H3,(H,14,17)(H,15,16). The van der Waals surface area contributed by atoms with E-state index >= 15 is 0 Å². The molecule has 1 amide bonds. The molecule has 0 atom stereocenters. The first-order chi connectivity index (χ1) is 8.69. The molecule has 0 saturated heterocycles. The first-order valence-corrected chi connectivity index (χ1v) is 6.33. The van der Waals surface area contributed by atoms with Crippen LogP contribution in [0.15, 0.2) is 0 Å². The minimum atomic E-state index is -0.245. The van der Waals surface area contributed by atoms with Gasteiger partial charge in [0.1, 0.15) is 5.69 Å². The number of halogens is 1. The summed E-state index contributed by atoms with van der Waals surface area (Å²) in [4.78, 5) is 18.6. The molecule has 0 spiro atoms. The monoisotopic (exact) mass is 274 g/mol. The van der Waals surface area contributed by atoms with Crippen molar-refractivity contribution in [3.05, 3.63) is 11.0 Å². The third-order valence-corrected chi connectivity index (χ3v) is 2.50. The van der Waals surface area contributed by atoms with Gasteiger partial charge in [0.15, 0.2) is 5.82 Å². The number of carbonyl (C=O) groups excluding carboxylic acids is 1. The number of imidazole rings is 1. The number of H-pyrrole nitrogens is 1. The molecule has 1 aromatic heterocycles. The Morgan fingerprint density at radius 3 is 2.94 bits per heavy atom. The third kappa shape index (κ3) is 4.54. The van der Waals surface area contributed by atoms with Gasteiger partial charge < -0.3 is 20.4 Å². The maximum absolute atomic E-state index is 11.8. The molecule has 0 fully saturated rings. The van der Waals surface area contributed by atoms with Crippen LogP contribution in [0.25, 0.3) is 0 Å². The first kappa shape index (κ1) is 14.8. The maximum Gasteiger partial charge on any atom is 0.271 e. The number of methoxy groups -OCH3 is 1. The second-order valence-corrected chi connectivity index (χ2v) is 4.14. The molecule has 0 aromatic carbocycles. The van der Waals surface area contributed by atoms with E-state index in [2.05, 4.69) is 27.5 Å². The minimum Gasteiger partial charge on any atom is -0.383 e. The molecule has 6 nitrogen and oxygen atoms in total. The molecule has 1 aromatic rings. The van der Waals surface area contributed by atoms with Crippen LogP contribution in [0, 0.1) is 0 Å². The molecule has 0 aliphatic heterocycles. The van der Waals surface area contributed by atoms with Gasteiger partial charge in [-0.05, 0) is 18.0 Å². The number of nitrogens with one attached hydrogen (secondary N) is 3. The predicted octanol–water partition coefficient (Wildman–Crippen LogP) is 1.65. The van der Waals surface area contributed by atoms with Gasteiger partial charge >= 0.3 is 0 Å². The highest BCUT2D eigenvalue weighted by molar-refractivity contribution is 6.28. The summed E-state index contributed by atoms with van der Waals surface area (Å²) >= 11 is 5.77. The smallest absolute Gasteiger partial charge is 0.271 e. The van der Waals surface area contributed by atoms with E-state index in [9.17, 15) is 4.79 Å². The fraction of sp³-hybridized carbons (Fsp3) is 0.636. The topological polar surface area (TPSA) is 79.0 Å². The van der Waals surface area contributed by atoms with E-state index in [1.165, 1.54) is 0 Å². The van der Waals surface area contributed by atoms with E-state index in [0.29, 0.717) is 24.7 Å². The van der Waals surface area contributed by atoms with Crippen LogP contribution >= 0.6 is 11.6 Å². The van der Waals surface area contributed by atoms with Gasteiger partial charge in [-0.25, -0.2) is 4.98 Å². The molecule has 0 radical (unpaired) electrons. The highest BCUT2D eigenvalue weighted by atomic mass is 35.5. The second kappa shape index (κ2) is 7.94. The van der Waals surface area contributed by atoms with Crippen molar-refractivity contribution in [3.63, 3.8) is 0 Å². The van der Waals surface area contributed by atoms with Gasteiger partial charge in [0.25, 0.3) is 5.91 Å². The zero-order valence-electron chi connectivity index (χ0n) is 10.7. The van der Waals surface area contributed by atoms with Crippen molar-refractivity contribution in [2.24, 2.45) is 0 Å². The number of hydrogen-bond acceptors (Lipinski definition) is 4. The van der Waals surface area contributed by atoms with Gasteiger partial charge in [-0.3, -0.25) is 4.79 Å². The van der Waals surface area contributed by atoms with Crippen LogP contribution in [0.5, 0.6) is 0 Å². The lowest BCUT2D eigenvalue weighted by atomic mass is 10.3. The van der Waals surface area contributed by atoms with Crippen molar-refractivity contribution in [2.45, 2.75) is 19.8 Å². The van der Waals surface area contributed by atoms with Crippen molar-refractivity contribution in [1.29, 1.82) is 0 Å². The molecule has 0 aliphatic carbocycles. The number of anilines is 1. The summed E-state index contributed by atoms with van der Waals surface area (Å²) in [6.07, 6.45) is 2.08. The molecule has 1 rings (SSSR count). The van der Waals surface area contributed by atoms with E-state index < -0.39 is 0 Å². The lowest BCUT2D eigenvalue weighted by Crippen LogP contribution is -2.28. The molecule has 18 heavy (non-hydrogen) atoms. The predicted molar refractivity (Wildman–Crippen MR) is 71.2 cm³/mol. The number of aromatic nitrogens is 2. The fourth-order valence-electron chi connectivity index (χ4n) is 1.38. The van der Waals surface area contributed by atoms with Crippen LogP contribution < -0.4 is 10.6 Å². The van der Waals surface area contributed by atoms with Gasteiger partial charge in [0, 0.05) is 20.2 Å². The van der Waals surface area contributed by atoms with E-state index in [0.717, 1.165) is 19.4 Å². The number of rotatable bonds is 8. The van der Waals surface area contributed by atoms with Gasteiger partial charge in [0.05, 0.1) is 6.61 Å². The Kier molecular flexibility index (Phi) is 6.53. The summed E-state index contributed by atoms with van der Waals surface area (Å²) in [6, 6.07) is 0. The third-order valence-electron chi connectivity index (χ3n) is 2.32. The zero-order valence-corrected chi connectivity index (χ0v) is 11.4. The van der Waals surface area contributed by atoms with E-state index in [1.807, 2.05) is 0 Å². The second-order valence-electron chi connectivity index (χ2n) is 3.78. The molecule has 3 N–H and O–H groups in total. The van der Waals surface area contributed by atoms with Crippen LogP contribution in [-0.4, -0.2) is 42.7 Å². The van der Waals surface area contributed by atoms with Crippen molar-refractivity contribution in [3.8, 4) is 0 Å². The fourth-order valence-corrected chi connectivity index (χ4v) is 1.55. The van der Waals surface area contributed by atoms with Gasteiger partial charge in [-0.15, -0.1) is 0 Å². The molecule has 0 saturated carbocycles. The quantitative estimate of drug-likeness (QED) is 0.630. The molecule has 102 valence electrons. The number of amides is 1. The van der Waals surface area contributed by atoms with Gasteiger partial charge in [-0.2, -0.15) is 0 Å². The van der Waals surface area contributed by atoms with E-state index in [4.69, 9.17) is 16.3 Å². The highest BCUT2D eigenvalue weighted by Gasteiger charge is 2.15. The van der Waals surface area contributed by atoms with E-state index in [1.54, 1.807) is 7.11 Å². The Balaban J connectivity index is 2.59. The average molecular weight is 275 g/mol. The molecule has 7 heteroatoms. The van der Waals surface area contributed by atoms with Crippen LogP contribution in [0.2, 0.25) is 5.28 Å². The van der Waals surface area contributed by atoms with Gasteiger partial charge in [0.2, 0.25) is 5.28 Å². The summed E-state index contributed by atoms with van der Waals surface area (Å²) in [5.74, 6) is 0.244. The number of carbonyl (C=O) groups is 1. The first-order valence-electron chi connectivity index (χ1n) is 5.95. The maximum atomic E-state index is 11.8. The Bertz CT molecular complexity index is 381. The Morgan fingerprint density at radius 2 is 2.28 bits per heavy atom. The Labute approximate surface area is 111 Å². The summed E-state index contributed by atoms with van der Waals surface area (Å²) in [5.41, 5.74) is 0.354. The summed E-state index contributed by atoms with van der Waals surface area (Å²) < 4.78 is 4.86. The van der Waals surface area contributed by atoms with Crippen LogP contribution in [-0.2, 0) is 4.74 Å². The van der Waals surface area contributed by atoms with Crippen molar-refractivity contribution in [1.82, 2.24) is 15.3 Å². The molecular formula is C11H19ClN4O2. The number of unbranched alkanes of at least 4 members (excludes halogenated alkanes) is 1. The molecule has 0 aliphatic rings. The van der Waals surface area contributed by atoms with Crippen LogP contribution in [0.4, 0.5) is 5.82 Å². The SMILES string of the molecule is CCCCNc1nc(Cl)[nH]c1C(=O)NCCOC. The normalized spacial score (nSPS) is 10.4. The summed E-state index contributed by atoms with van der Waals surface area (Å²) in [5, 5.41) is 6.00. The number of aromatic amines is 1. The Hall–Kier alpha value is -1.27. The zero-order chi connectivity index (χ0) is 13.4.